The van der Waals surface area contributed by atoms with Crippen molar-refractivity contribution in [3.63, 3.8) is 0 Å². The number of nitrogens with one attached hydrogen (secondary N) is 1. The molecule has 1 heterocycles. The SMILES string of the molecule is CSc1ccc2c(c1)C(=O)CC(C)N2. The number of thioether (sulfide) groups is 1. The standard InChI is InChI=1S/C11H13NOS/c1-7-5-11(13)9-6-8(14-2)3-4-10(9)12-7/h3-4,6-7,12H,5H2,1-2H3. The molecule has 2 rings (SSSR count). The molecule has 1 aromatic carbocycles. The zero-order valence-corrected chi connectivity index (χ0v) is 9.15. The number of carbonyl (C=O) groups excluding carboxylic acids is 1. The molecule has 74 valence electrons. The minimum absolute atomic E-state index is 0.252. The molecule has 1 N–H and O–H groups in total. The Kier molecular flexibility index (Phi) is 2.50. The number of carbonyl (C=O) groups is 1. The van der Waals surface area contributed by atoms with Crippen LogP contribution >= 0.6 is 11.8 Å². The molecule has 2 nitrogen and oxygen atoms in total. The maximum atomic E-state index is 11.7. The molecule has 0 aliphatic carbocycles. The molecule has 1 unspecified atom stereocenters. The predicted octanol–water partition coefficient (Wildman–Crippen LogP) is 2.80. The van der Waals surface area contributed by atoms with E-state index < -0.39 is 0 Å². The van der Waals surface area contributed by atoms with Gasteiger partial charge in [0.1, 0.15) is 0 Å². The van der Waals surface area contributed by atoms with Gasteiger partial charge in [0.15, 0.2) is 5.78 Å². The van der Waals surface area contributed by atoms with Crippen LogP contribution in [0.25, 0.3) is 0 Å². The summed E-state index contributed by atoms with van der Waals surface area (Å²) in [6.45, 7) is 2.03. The van der Waals surface area contributed by atoms with Gasteiger partial charge in [-0.15, -0.1) is 11.8 Å². The average Bonchev–Trinajstić information content (AvgIpc) is 2.17. The summed E-state index contributed by atoms with van der Waals surface area (Å²) < 4.78 is 0. The average molecular weight is 207 g/mol. The minimum Gasteiger partial charge on any atom is -0.382 e. The van der Waals surface area contributed by atoms with Crippen molar-refractivity contribution in [1.82, 2.24) is 0 Å². The summed E-state index contributed by atoms with van der Waals surface area (Å²) in [6.07, 6.45) is 2.62. The van der Waals surface area contributed by atoms with Gasteiger partial charge >= 0.3 is 0 Å². The Morgan fingerprint density at radius 1 is 1.50 bits per heavy atom. The molecule has 1 aliphatic heterocycles. The summed E-state index contributed by atoms with van der Waals surface area (Å²) in [6, 6.07) is 6.27. The van der Waals surface area contributed by atoms with Crippen molar-refractivity contribution in [2.24, 2.45) is 0 Å². The van der Waals surface area contributed by atoms with Crippen molar-refractivity contribution in [2.75, 3.05) is 11.6 Å². The number of benzene rings is 1. The lowest BCUT2D eigenvalue weighted by atomic mass is 9.98. The first kappa shape index (κ1) is 9.59. The Balaban J connectivity index is 2.44. The van der Waals surface area contributed by atoms with E-state index in [0.29, 0.717) is 6.42 Å². The van der Waals surface area contributed by atoms with Crippen LogP contribution in [0.15, 0.2) is 23.1 Å². The van der Waals surface area contributed by atoms with Gasteiger partial charge in [0.05, 0.1) is 0 Å². The Morgan fingerprint density at radius 3 is 3.00 bits per heavy atom. The Labute approximate surface area is 88.1 Å². The minimum atomic E-state index is 0.252. The van der Waals surface area contributed by atoms with Gasteiger partial charge in [-0.25, -0.2) is 0 Å². The number of Topliss-reactive ketones (excluding diaryl/α,β-unsaturated/α-hetero) is 1. The predicted molar refractivity (Wildman–Crippen MR) is 60.3 cm³/mol. The van der Waals surface area contributed by atoms with Crippen molar-refractivity contribution in [3.8, 4) is 0 Å². The van der Waals surface area contributed by atoms with Crippen molar-refractivity contribution < 1.29 is 4.79 Å². The molecule has 0 radical (unpaired) electrons. The largest absolute Gasteiger partial charge is 0.382 e. The highest BCUT2D eigenvalue weighted by Gasteiger charge is 2.21. The van der Waals surface area contributed by atoms with Gasteiger partial charge in [-0.05, 0) is 31.4 Å². The van der Waals surface area contributed by atoms with Gasteiger partial charge in [0.2, 0.25) is 0 Å². The fraction of sp³-hybridized carbons (Fsp3) is 0.364. The summed E-state index contributed by atoms with van der Waals surface area (Å²) >= 11 is 1.66. The van der Waals surface area contributed by atoms with Crippen molar-refractivity contribution in [1.29, 1.82) is 0 Å². The van der Waals surface area contributed by atoms with E-state index in [2.05, 4.69) is 5.32 Å². The number of ketones is 1. The second-order valence-electron chi connectivity index (χ2n) is 3.58. The third kappa shape index (κ3) is 1.64. The molecule has 1 atom stereocenters. The molecule has 14 heavy (non-hydrogen) atoms. The first-order chi connectivity index (χ1) is 6.70. The molecule has 1 aliphatic rings. The molecular weight excluding hydrogens is 194 g/mol. The van der Waals surface area contributed by atoms with Crippen LogP contribution in [0.5, 0.6) is 0 Å². The third-order valence-electron chi connectivity index (χ3n) is 2.42. The van der Waals surface area contributed by atoms with E-state index in [1.165, 1.54) is 0 Å². The molecular formula is C11H13NOS. The summed E-state index contributed by atoms with van der Waals surface area (Å²) in [5.41, 5.74) is 1.82. The van der Waals surface area contributed by atoms with Crippen molar-refractivity contribution in [2.45, 2.75) is 24.3 Å². The topological polar surface area (TPSA) is 29.1 Å². The first-order valence-corrected chi connectivity index (χ1v) is 5.91. The lowest BCUT2D eigenvalue weighted by Gasteiger charge is -2.23. The van der Waals surface area contributed by atoms with Gasteiger partial charge in [-0.3, -0.25) is 4.79 Å². The Morgan fingerprint density at radius 2 is 2.29 bits per heavy atom. The van der Waals surface area contributed by atoms with E-state index in [-0.39, 0.29) is 11.8 Å². The third-order valence-corrected chi connectivity index (χ3v) is 3.15. The fourth-order valence-corrected chi connectivity index (χ4v) is 2.15. The van der Waals surface area contributed by atoms with Crippen LogP contribution in [0.1, 0.15) is 23.7 Å². The molecule has 0 saturated heterocycles. The second-order valence-corrected chi connectivity index (χ2v) is 4.46. The van der Waals surface area contributed by atoms with Crippen LogP contribution in [0.4, 0.5) is 5.69 Å². The Bertz CT molecular complexity index is 376. The van der Waals surface area contributed by atoms with Crippen LogP contribution in [-0.4, -0.2) is 18.1 Å². The Hall–Kier alpha value is -0.960. The van der Waals surface area contributed by atoms with Crippen LogP contribution in [0, 0.1) is 0 Å². The number of rotatable bonds is 1. The highest BCUT2D eigenvalue weighted by atomic mass is 32.2. The van der Waals surface area contributed by atoms with E-state index in [1.807, 2.05) is 31.4 Å². The van der Waals surface area contributed by atoms with Crippen LogP contribution < -0.4 is 5.32 Å². The van der Waals surface area contributed by atoms with Gasteiger partial charge in [-0.2, -0.15) is 0 Å². The van der Waals surface area contributed by atoms with Crippen LogP contribution in [0.2, 0.25) is 0 Å². The molecule has 3 heteroatoms. The lowest BCUT2D eigenvalue weighted by molar-refractivity contribution is 0.0974. The highest BCUT2D eigenvalue weighted by Crippen LogP contribution is 2.28. The summed E-state index contributed by atoms with van der Waals surface area (Å²) in [5, 5.41) is 3.31. The van der Waals surface area contributed by atoms with Gasteiger partial charge in [0, 0.05) is 28.6 Å². The maximum absolute atomic E-state index is 11.7. The number of fused-ring (bicyclic) bond motifs is 1. The normalized spacial score (nSPS) is 20.1. The van der Waals surface area contributed by atoms with Crippen LogP contribution in [0.3, 0.4) is 0 Å². The van der Waals surface area contributed by atoms with Gasteiger partial charge in [-0.1, -0.05) is 0 Å². The zero-order valence-electron chi connectivity index (χ0n) is 8.33. The summed E-state index contributed by atoms with van der Waals surface area (Å²) in [7, 11) is 0. The summed E-state index contributed by atoms with van der Waals surface area (Å²) in [5.74, 6) is 0.252. The van der Waals surface area contributed by atoms with E-state index in [4.69, 9.17) is 0 Å². The zero-order chi connectivity index (χ0) is 10.1. The highest BCUT2D eigenvalue weighted by molar-refractivity contribution is 7.98. The quantitative estimate of drug-likeness (QED) is 0.718. The summed E-state index contributed by atoms with van der Waals surface area (Å²) in [4.78, 5) is 12.9. The molecule has 0 amide bonds. The van der Waals surface area contributed by atoms with E-state index in [1.54, 1.807) is 11.8 Å². The molecule has 0 spiro atoms. The van der Waals surface area contributed by atoms with Gasteiger partial charge < -0.3 is 5.32 Å². The van der Waals surface area contributed by atoms with E-state index in [9.17, 15) is 4.79 Å². The van der Waals surface area contributed by atoms with Crippen molar-refractivity contribution >= 4 is 23.2 Å². The second kappa shape index (κ2) is 3.65. The van der Waals surface area contributed by atoms with E-state index in [0.717, 1.165) is 16.1 Å². The molecule has 0 saturated carbocycles. The smallest absolute Gasteiger partial charge is 0.167 e. The number of hydrogen-bond donors (Lipinski definition) is 1. The molecule has 1 aromatic rings. The molecule has 0 bridgehead atoms. The maximum Gasteiger partial charge on any atom is 0.167 e. The lowest BCUT2D eigenvalue weighted by Crippen LogP contribution is -2.26. The fourth-order valence-electron chi connectivity index (χ4n) is 1.71. The first-order valence-electron chi connectivity index (χ1n) is 4.68. The monoisotopic (exact) mass is 207 g/mol. The van der Waals surface area contributed by atoms with Crippen molar-refractivity contribution in [3.05, 3.63) is 23.8 Å². The molecule has 0 aromatic heterocycles. The number of anilines is 1. The van der Waals surface area contributed by atoms with E-state index >= 15 is 0 Å². The molecule has 0 fully saturated rings. The van der Waals surface area contributed by atoms with Crippen LogP contribution in [-0.2, 0) is 0 Å². The number of hydrogen-bond acceptors (Lipinski definition) is 3. The van der Waals surface area contributed by atoms with Gasteiger partial charge in [0.25, 0.3) is 0 Å².